The molecule has 1 aromatic rings. The van der Waals surface area contributed by atoms with E-state index >= 15 is 0 Å². The molecule has 2 rings (SSSR count). The van der Waals surface area contributed by atoms with Crippen molar-refractivity contribution >= 4 is 5.97 Å². The van der Waals surface area contributed by atoms with E-state index in [0.29, 0.717) is 0 Å². The summed E-state index contributed by atoms with van der Waals surface area (Å²) in [4.78, 5) is 11.0. The van der Waals surface area contributed by atoms with Crippen molar-refractivity contribution in [3.63, 3.8) is 0 Å². The third-order valence-corrected chi connectivity index (χ3v) is 3.94. The SMILES string of the molecule is Cc1cc(C(C)(C)C)cc(C)c1C1CC1C(=O)O. The van der Waals surface area contributed by atoms with Crippen LogP contribution in [-0.4, -0.2) is 11.1 Å². The average molecular weight is 246 g/mol. The van der Waals surface area contributed by atoms with E-state index in [1.54, 1.807) is 0 Å². The molecule has 1 N–H and O–H groups in total. The van der Waals surface area contributed by atoms with Crippen molar-refractivity contribution in [2.45, 2.75) is 52.4 Å². The molecule has 1 aliphatic rings. The molecule has 0 spiro atoms. The zero-order chi connectivity index (χ0) is 13.7. The van der Waals surface area contributed by atoms with Crippen LogP contribution >= 0.6 is 0 Å². The zero-order valence-electron chi connectivity index (χ0n) is 11.9. The quantitative estimate of drug-likeness (QED) is 0.862. The lowest BCUT2D eigenvalue weighted by Crippen LogP contribution is -2.12. The van der Waals surface area contributed by atoms with E-state index in [1.165, 1.54) is 22.3 Å². The second kappa shape index (κ2) is 4.11. The average Bonchev–Trinajstić information content (AvgIpc) is 2.95. The van der Waals surface area contributed by atoms with Crippen molar-refractivity contribution in [2.75, 3.05) is 0 Å². The summed E-state index contributed by atoms with van der Waals surface area (Å²) in [7, 11) is 0. The smallest absolute Gasteiger partial charge is 0.307 e. The first kappa shape index (κ1) is 13.1. The van der Waals surface area contributed by atoms with E-state index < -0.39 is 5.97 Å². The fourth-order valence-electron chi connectivity index (χ4n) is 2.78. The van der Waals surface area contributed by atoms with Gasteiger partial charge in [-0.3, -0.25) is 4.79 Å². The summed E-state index contributed by atoms with van der Waals surface area (Å²) >= 11 is 0. The topological polar surface area (TPSA) is 37.3 Å². The molecule has 2 nitrogen and oxygen atoms in total. The van der Waals surface area contributed by atoms with Crippen LogP contribution in [0.4, 0.5) is 0 Å². The Bertz CT molecular complexity index is 471. The molecule has 0 heterocycles. The van der Waals surface area contributed by atoms with E-state index in [9.17, 15) is 4.79 Å². The lowest BCUT2D eigenvalue weighted by molar-refractivity contribution is -0.138. The summed E-state index contributed by atoms with van der Waals surface area (Å²) in [6, 6.07) is 4.44. The molecule has 2 unspecified atom stereocenters. The van der Waals surface area contributed by atoms with Crippen molar-refractivity contribution in [1.29, 1.82) is 0 Å². The summed E-state index contributed by atoms with van der Waals surface area (Å²) in [5.74, 6) is -0.585. The lowest BCUT2D eigenvalue weighted by Gasteiger charge is -2.22. The van der Waals surface area contributed by atoms with Gasteiger partial charge >= 0.3 is 5.97 Å². The molecule has 0 saturated heterocycles. The van der Waals surface area contributed by atoms with Gasteiger partial charge in [0.25, 0.3) is 0 Å². The van der Waals surface area contributed by atoms with E-state index in [-0.39, 0.29) is 17.3 Å². The summed E-state index contributed by atoms with van der Waals surface area (Å²) in [5.41, 5.74) is 5.22. The molecule has 18 heavy (non-hydrogen) atoms. The lowest BCUT2D eigenvalue weighted by atomic mass is 9.83. The molecule has 0 bridgehead atoms. The number of carboxylic acids is 1. The summed E-state index contributed by atoms with van der Waals surface area (Å²) in [5, 5.41) is 9.05. The fraction of sp³-hybridized carbons (Fsp3) is 0.562. The predicted molar refractivity (Wildman–Crippen MR) is 73.1 cm³/mol. The van der Waals surface area contributed by atoms with E-state index in [1.807, 2.05) is 0 Å². The van der Waals surface area contributed by atoms with E-state index in [0.717, 1.165) is 6.42 Å². The third kappa shape index (κ3) is 2.29. The highest BCUT2D eigenvalue weighted by Gasteiger charge is 2.45. The summed E-state index contributed by atoms with van der Waals surface area (Å²) in [6.45, 7) is 10.8. The molecule has 0 aliphatic heterocycles. The number of aryl methyl sites for hydroxylation is 2. The van der Waals surface area contributed by atoms with Gasteiger partial charge in [-0.2, -0.15) is 0 Å². The Labute approximate surface area is 109 Å². The second-order valence-corrected chi connectivity index (χ2v) is 6.56. The monoisotopic (exact) mass is 246 g/mol. The molecule has 98 valence electrons. The first-order valence-electron chi connectivity index (χ1n) is 6.56. The first-order chi connectivity index (χ1) is 8.21. The van der Waals surface area contributed by atoms with Gasteiger partial charge in [0.15, 0.2) is 0 Å². The number of rotatable bonds is 2. The van der Waals surface area contributed by atoms with Crippen molar-refractivity contribution in [3.05, 3.63) is 34.4 Å². The van der Waals surface area contributed by atoms with Gasteiger partial charge in [-0.15, -0.1) is 0 Å². The summed E-state index contributed by atoms with van der Waals surface area (Å²) < 4.78 is 0. The van der Waals surface area contributed by atoms with Crippen molar-refractivity contribution in [3.8, 4) is 0 Å². The number of aliphatic carboxylic acids is 1. The number of carbonyl (C=O) groups is 1. The van der Waals surface area contributed by atoms with Gasteiger partial charge in [-0.1, -0.05) is 32.9 Å². The molecule has 1 fully saturated rings. The second-order valence-electron chi connectivity index (χ2n) is 6.56. The standard InChI is InChI=1S/C16H22O2/c1-9-6-11(16(3,4)5)7-10(2)14(9)12-8-13(12)15(17)18/h6-7,12-13H,8H2,1-5H3,(H,17,18). The van der Waals surface area contributed by atoms with Crippen LogP contribution in [0.2, 0.25) is 0 Å². The molecule has 1 aromatic carbocycles. The Morgan fingerprint density at radius 2 is 1.72 bits per heavy atom. The Morgan fingerprint density at radius 3 is 2.06 bits per heavy atom. The van der Waals surface area contributed by atoms with Gasteiger partial charge in [-0.25, -0.2) is 0 Å². The maximum atomic E-state index is 11.0. The van der Waals surface area contributed by atoms with Gasteiger partial charge in [0.2, 0.25) is 0 Å². The highest BCUT2D eigenvalue weighted by molar-refractivity contribution is 5.75. The molecule has 0 radical (unpaired) electrons. The van der Waals surface area contributed by atoms with E-state index in [2.05, 4.69) is 46.8 Å². The predicted octanol–water partition coefficient (Wildman–Crippen LogP) is 3.79. The molecule has 2 heteroatoms. The van der Waals surface area contributed by atoms with Crippen LogP contribution in [0, 0.1) is 19.8 Å². The molecule has 0 amide bonds. The van der Waals surface area contributed by atoms with Crippen LogP contribution < -0.4 is 0 Å². The minimum Gasteiger partial charge on any atom is -0.481 e. The van der Waals surface area contributed by atoms with Gasteiger partial charge in [0.1, 0.15) is 0 Å². The van der Waals surface area contributed by atoms with Crippen LogP contribution in [0.3, 0.4) is 0 Å². The molecular formula is C16H22O2. The minimum atomic E-state index is -0.654. The normalized spacial score (nSPS) is 22.9. The Kier molecular flexibility index (Phi) is 3.00. The highest BCUT2D eigenvalue weighted by Crippen LogP contribution is 2.50. The van der Waals surface area contributed by atoms with Crippen LogP contribution in [0.25, 0.3) is 0 Å². The van der Waals surface area contributed by atoms with Crippen LogP contribution in [0.15, 0.2) is 12.1 Å². The Balaban J connectivity index is 2.38. The Morgan fingerprint density at radius 1 is 1.22 bits per heavy atom. The maximum absolute atomic E-state index is 11.0. The molecule has 1 aliphatic carbocycles. The number of hydrogen-bond donors (Lipinski definition) is 1. The number of carboxylic acid groups (broad SMARTS) is 1. The van der Waals surface area contributed by atoms with Crippen molar-refractivity contribution in [1.82, 2.24) is 0 Å². The first-order valence-corrected chi connectivity index (χ1v) is 6.56. The molecule has 1 saturated carbocycles. The molecular weight excluding hydrogens is 224 g/mol. The maximum Gasteiger partial charge on any atom is 0.307 e. The van der Waals surface area contributed by atoms with Gasteiger partial charge in [-0.05, 0) is 53.9 Å². The molecule has 2 atom stereocenters. The van der Waals surface area contributed by atoms with Gasteiger partial charge < -0.3 is 5.11 Å². The fourth-order valence-corrected chi connectivity index (χ4v) is 2.78. The third-order valence-electron chi connectivity index (χ3n) is 3.94. The minimum absolute atomic E-state index is 0.143. The number of benzene rings is 1. The van der Waals surface area contributed by atoms with Crippen molar-refractivity contribution in [2.24, 2.45) is 5.92 Å². The largest absolute Gasteiger partial charge is 0.481 e. The van der Waals surface area contributed by atoms with Crippen LogP contribution in [0.5, 0.6) is 0 Å². The zero-order valence-corrected chi connectivity index (χ0v) is 11.9. The number of hydrogen-bond acceptors (Lipinski definition) is 1. The summed E-state index contributed by atoms with van der Waals surface area (Å²) in [6.07, 6.45) is 0.797. The van der Waals surface area contributed by atoms with Crippen molar-refractivity contribution < 1.29 is 9.90 Å². The molecule has 0 aromatic heterocycles. The van der Waals surface area contributed by atoms with E-state index in [4.69, 9.17) is 5.11 Å². The Hall–Kier alpha value is -1.31. The van der Waals surface area contributed by atoms with Crippen LogP contribution in [-0.2, 0) is 10.2 Å². The van der Waals surface area contributed by atoms with Gasteiger partial charge in [0.05, 0.1) is 5.92 Å². The van der Waals surface area contributed by atoms with Gasteiger partial charge in [0, 0.05) is 0 Å². The van der Waals surface area contributed by atoms with Crippen LogP contribution in [0.1, 0.15) is 55.4 Å². The highest BCUT2D eigenvalue weighted by atomic mass is 16.4.